The second-order valence-electron chi connectivity index (χ2n) is 4.05. The van der Waals surface area contributed by atoms with Gasteiger partial charge in [-0.05, 0) is 40.2 Å². The maximum absolute atomic E-state index is 4.55. The minimum Gasteiger partial charge on any atom is -0.310 e. The van der Waals surface area contributed by atoms with Gasteiger partial charge in [-0.15, -0.1) is 0 Å². The van der Waals surface area contributed by atoms with E-state index in [0.29, 0.717) is 6.04 Å². The Morgan fingerprint density at radius 3 is 2.79 bits per heavy atom. The number of aryl methyl sites for hydroxylation is 2. The van der Waals surface area contributed by atoms with Gasteiger partial charge in [0.05, 0.1) is 5.69 Å². The molecule has 1 atom stereocenters. The number of nitrogens with one attached hydrogen (secondary N) is 1. The van der Waals surface area contributed by atoms with Crippen LogP contribution in [0.15, 0.2) is 0 Å². The Kier molecular flexibility index (Phi) is 2.59. The largest absolute Gasteiger partial charge is 0.310 e. The number of rotatable bonds is 2. The molecule has 0 bridgehead atoms. The predicted octanol–water partition coefficient (Wildman–Crippen LogP) is 1.94. The highest BCUT2D eigenvalue weighted by atomic mass is 15.3. The van der Waals surface area contributed by atoms with Gasteiger partial charge in [0, 0.05) is 23.8 Å². The third kappa shape index (κ3) is 1.46. The summed E-state index contributed by atoms with van der Waals surface area (Å²) in [6.07, 6.45) is 2.55. The highest BCUT2D eigenvalue weighted by Gasteiger charge is 2.22. The maximum Gasteiger partial charge on any atom is 0.0644 e. The van der Waals surface area contributed by atoms with E-state index in [9.17, 15) is 0 Å². The molecule has 0 spiro atoms. The minimum absolute atomic E-state index is 0.551. The van der Waals surface area contributed by atoms with Crippen molar-refractivity contribution in [2.24, 2.45) is 0 Å². The van der Waals surface area contributed by atoms with E-state index in [0.717, 1.165) is 13.1 Å². The Morgan fingerprint density at radius 1 is 1.50 bits per heavy atom. The van der Waals surface area contributed by atoms with Crippen LogP contribution in [0.4, 0.5) is 0 Å². The topological polar surface area (TPSA) is 29.9 Å². The van der Waals surface area contributed by atoms with Crippen LogP contribution in [0.1, 0.15) is 42.8 Å². The Bertz CT molecular complexity index is 322. The quantitative estimate of drug-likeness (QED) is 0.778. The van der Waals surface area contributed by atoms with Gasteiger partial charge in [0.2, 0.25) is 0 Å². The van der Waals surface area contributed by atoms with Crippen molar-refractivity contribution in [3.8, 4) is 0 Å². The van der Waals surface area contributed by atoms with Crippen LogP contribution in [-0.2, 0) is 6.54 Å². The predicted molar refractivity (Wildman–Crippen MR) is 57.4 cm³/mol. The van der Waals surface area contributed by atoms with E-state index in [1.165, 1.54) is 29.8 Å². The van der Waals surface area contributed by atoms with Gasteiger partial charge in [-0.25, -0.2) is 0 Å². The second-order valence-corrected chi connectivity index (χ2v) is 4.05. The van der Waals surface area contributed by atoms with E-state index in [4.69, 9.17) is 0 Å². The second kappa shape index (κ2) is 3.73. The Labute approximate surface area is 85.5 Å². The van der Waals surface area contributed by atoms with Crippen LogP contribution >= 0.6 is 0 Å². The molecule has 14 heavy (non-hydrogen) atoms. The van der Waals surface area contributed by atoms with Crippen LogP contribution in [0.25, 0.3) is 0 Å². The summed E-state index contributed by atoms with van der Waals surface area (Å²) in [5.41, 5.74) is 3.97. The van der Waals surface area contributed by atoms with E-state index in [1.54, 1.807) is 0 Å². The van der Waals surface area contributed by atoms with E-state index >= 15 is 0 Å². The first-order valence-electron chi connectivity index (χ1n) is 5.51. The van der Waals surface area contributed by atoms with Crippen molar-refractivity contribution in [2.45, 2.75) is 46.2 Å². The molecule has 2 rings (SSSR count). The summed E-state index contributed by atoms with van der Waals surface area (Å²) in [7, 11) is 0. The van der Waals surface area contributed by atoms with Crippen molar-refractivity contribution < 1.29 is 0 Å². The molecule has 3 nitrogen and oxygen atoms in total. The molecule has 0 radical (unpaired) electrons. The zero-order chi connectivity index (χ0) is 10.1. The van der Waals surface area contributed by atoms with Gasteiger partial charge in [-0.3, -0.25) is 4.68 Å². The molecule has 1 aliphatic heterocycles. The highest BCUT2D eigenvalue weighted by Crippen LogP contribution is 2.28. The smallest absolute Gasteiger partial charge is 0.0644 e. The summed E-state index contributed by atoms with van der Waals surface area (Å²) in [6, 6.07) is 0.551. The van der Waals surface area contributed by atoms with Gasteiger partial charge >= 0.3 is 0 Å². The molecule has 0 unspecified atom stereocenters. The maximum atomic E-state index is 4.55. The van der Waals surface area contributed by atoms with Gasteiger partial charge in [-0.1, -0.05) is 0 Å². The molecule has 1 saturated heterocycles. The number of nitrogens with zero attached hydrogens (tertiary/aromatic N) is 2. The molecule has 0 saturated carbocycles. The number of hydrogen-bond acceptors (Lipinski definition) is 2. The van der Waals surface area contributed by atoms with Crippen LogP contribution < -0.4 is 5.32 Å². The SMILES string of the molecule is CCn1nc(C)c([C@H]2CCCN2)c1C. The van der Waals surface area contributed by atoms with Gasteiger partial charge in [-0.2, -0.15) is 5.10 Å². The zero-order valence-corrected chi connectivity index (χ0v) is 9.30. The summed E-state index contributed by atoms with van der Waals surface area (Å²) >= 11 is 0. The number of aromatic nitrogens is 2. The lowest BCUT2D eigenvalue weighted by Gasteiger charge is -2.10. The van der Waals surface area contributed by atoms with Crippen LogP contribution in [0, 0.1) is 13.8 Å². The Balaban J connectivity index is 2.35. The molecule has 0 aliphatic carbocycles. The fourth-order valence-corrected chi connectivity index (χ4v) is 2.45. The monoisotopic (exact) mass is 193 g/mol. The van der Waals surface area contributed by atoms with Crippen LogP contribution in [-0.4, -0.2) is 16.3 Å². The van der Waals surface area contributed by atoms with Crippen molar-refractivity contribution >= 4 is 0 Å². The van der Waals surface area contributed by atoms with Crippen molar-refractivity contribution in [3.05, 3.63) is 17.0 Å². The van der Waals surface area contributed by atoms with Crippen LogP contribution in [0.2, 0.25) is 0 Å². The lowest BCUT2D eigenvalue weighted by atomic mass is 10.0. The summed E-state index contributed by atoms with van der Waals surface area (Å²) in [5.74, 6) is 0. The van der Waals surface area contributed by atoms with Gasteiger partial charge < -0.3 is 5.32 Å². The van der Waals surface area contributed by atoms with Crippen LogP contribution in [0.5, 0.6) is 0 Å². The minimum atomic E-state index is 0.551. The van der Waals surface area contributed by atoms with Crippen molar-refractivity contribution in [3.63, 3.8) is 0 Å². The highest BCUT2D eigenvalue weighted by molar-refractivity contribution is 5.28. The molecule has 78 valence electrons. The lowest BCUT2D eigenvalue weighted by molar-refractivity contribution is 0.618. The Hall–Kier alpha value is -0.830. The molecular weight excluding hydrogens is 174 g/mol. The fraction of sp³-hybridized carbons (Fsp3) is 0.727. The molecule has 1 fully saturated rings. The first-order valence-corrected chi connectivity index (χ1v) is 5.51. The summed E-state index contributed by atoms with van der Waals surface area (Å²) in [4.78, 5) is 0. The Morgan fingerprint density at radius 2 is 2.29 bits per heavy atom. The average molecular weight is 193 g/mol. The van der Waals surface area contributed by atoms with Crippen molar-refractivity contribution in [2.75, 3.05) is 6.54 Å². The zero-order valence-electron chi connectivity index (χ0n) is 9.30. The van der Waals surface area contributed by atoms with Crippen LogP contribution in [0.3, 0.4) is 0 Å². The standard InChI is InChI=1S/C11H19N3/c1-4-14-9(3)11(8(2)13-14)10-6-5-7-12-10/h10,12H,4-7H2,1-3H3/t10-/m1/s1. The molecule has 1 aromatic rings. The van der Waals surface area contributed by atoms with Gasteiger partial charge in [0.1, 0.15) is 0 Å². The molecule has 3 heteroatoms. The normalized spacial score (nSPS) is 21.8. The third-order valence-corrected chi connectivity index (χ3v) is 3.15. The molecule has 1 aliphatic rings. The molecule has 2 heterocycles. The lowest BCUT2D eigenvalue weighted by Crippen LogP contribution is -2.14. The van der Waals surface area contributed by atoms with Crippen molar-refractivity contribution in [1.82, 2.24) is 15.1 Å². The van der Waals surface area contributed by atoms with Gasteiger partial charge in [0.25, 0.3) is 0 Å². The molecule has 0 aromatic carbocycles. The summed E-state index contributed by atoms with van der Waals surface area (Å²) in [5, 5.41) is 8.09. The molecule has 1 N–H and O–H groups in total. The van der Waals surface area contributed by atoms with Crippen molar-refractivity contribution in [1.29, 1.82) is 0 Å². The molecule has 0 amide bonds. The van der Waals surface area contributed by atoms with E-state index < -0.39 is 0 Å². The summed E-state index contributed by atoms with van der Waals surface area (Å²) in [6.45, 7) is 8.57. The number of hydrogen-bond donors (Lipinski definition) is 1. The average Bonchev–Trinajstić information content (AvgIpc) is 2.74. The van der Waals surface area contributed by atoms with Gasteiger partial charge in [0.15, 0.2) is 0 Å². The van der Waals surface area contributed by atoms with E-state index in [2.05, 4.69) is 35.9 Å². The fourth-order valence-electron chi connectivity index (χ4n) is 2.45. The first-order chi connectivity index (χ1) is 6.74. The molecule has 1 aromatic heterocycles. The van der Waals surface area contributed by atoms with E-state index in [-0.39, 0.29) is 0 Å². The first kappa shape index (κ1) is 9.71. The molecular formula is C11H19N3. The summed E-state index contributed by atoms with van der Waals surface area (Å²) < 4.78 is 2.10. The van der Waals surface area contributed by atoms with E-state index in [1.807, 2.05) is 0 Å². The third-order valence-electron chi connectivity index (χ3n) is 3.15.